The van der Waals surface area contributed by atoms with Crippen molar-refractivity contribution in [3.63, 3.8) is 0 Å². The lowest BCUT2D eigenvalue weighted by Gasteiger charge is -2.24. The van der Waals surface area contributed by atoms with Gasteiger partial charge in [-0.2, -0.15) is 0 Å². The number of fused-ring (bicyclic) bond motifs is 1. The number of nitrogens with zero attached hydrogens (tertiary/aromatic N) is 1. The van der Waals surface area contributed by atoms with Gasteiger partial charge in [-0.15, -0.1) is 0 Å². The summed E-state index contributed by atoms with van der Waals surface area (Å²) < 4.78 is 0. The molecule has 0 aliphatic rings. The number of hydrogen-bond acceptors (Lipinski definition) is 3. The molecule has 5 heteroatoms. The van der Waals surface area contributed by atoms with E-state index in [1.165, 1.54) is 95.6 Å². The Hall–Kier alpha value is -3.34. The summed E-state index contributed by atoms with van der Waals surface area (Å²) in [7, 11) is 0. The third-order valence-corrected chi connectivity index (χ3v) is 8.02. The van der Waals surface area contributed by atoms with Gasteiger partial charge in [0.1, 0.15) is 5.75 Å². The molecule has 41 heavy (non-hydrogen) atoms. The van der Waals surface area contributed by atoms with Gasteiger partial charge in [-0.05, 0) is 36.1 Å². The van der Waals surface area contributed by atoms with Gasteiger partial charge in [-0.3, -0.25) is 4.79 Å². The molecular formula is C36H49NO4. The van der Waals surface area contributed by atoms with Crippen molar-refractivity contribution >= 4 is 28.3 Å². The second-order valence-corrected chi connectivity index (χ2v) is 11.3. The number of amides is 1. The molecule has 0 bridgehead atoms. The van der Waals surface area contributed by atoms with Gasteiger partial charge < -0.3 is 15.1 Å². The molecule has 222 valence electrons. The number of carbonyl (C=O) groups excluding carboxylic acids is 1. The number of carboxylic acid groups (broad SMARTS) is 1. The number of rotatable bonds is 20. The summed E-state index contributed by atoms with van der Waals surface area (Å²) >= 11 is 0. The van der Waals surface area contributed by atoms with E-state index in [0.717, 1.165) is 24.6 Å². The molecule has 0 fully saturated rings. The maximum absolute atomic E-state index is 13.7. The molecule has 0 saturated heterocycles. The molecule has 1 amide bonds. The van der Waals surface area contributed by atoms with E-state index in [9.17, 15) is 19.8 Å². The molecule has 0 aliphatic carbocycles. The second kappa shape index (κ2) is 18.2. The average Bonchev–Trinajstić information content (AvgIpc) is 2.99. The molecule has 3 aromatic carbocycles. The quantitative estimate of drug-likeness (QED) is 0.135. The predicted molar refractivity (Wildman–Crippen MR) is 170 cm³/mol. The van der Waals surface area contributed by atoms with Crippen LogP contribution in [0.2, 0.25) is 0 Å². The third kappa shape index (κ3) is 10.5. The summed E-state index contributed by atoms with van der Waals surface area (Å²) in [5.74, 6) is -1.40. The van der Waals surface area contributed by atoms with Crippen molar-refractivity contribution in [3.8, 4) is 5.75 Å². The van der Waals surface area contributed by atoms with Gasteiger partial charge in [0.05, 0.1) is 11.1 Å². The number of hydrogen-bond donors (Lipinski definition) is 2. The van der Waals surface area contributed by atoms with Gasteiger partial charge in [-0.1, -0.05) is 140 Å². The largest absolute Gasteiger partial charge is 0.506 e. The molecule has 0 atom stereocenters. The van der Waals surface area contributed by atoms with E-state index in [4.69, 9.17) is 0 Å². The zero-order valence-electron chi connectivity index (χ0n) is 25.0. The molecule has 3 aromatic rings. The zero-order chi connectivity index (χ0) is 29.3. The van der Waals surface area contributed by atoms with Crippen LogP contribution >= 0.6 is 0 Å². The number of anilines is 1. The van der Waals surface area contributed by atoms with E-state index in [2.05, 4.69) is 6.92 Å². The maximum Gasteiger partial charge on any atom is 0.335 e. The molecule has 0 spiro atoms. The van der Waals surface area contributed by atoms with Crippen LogP contribution in [0.5, 0.6) is 5.75 Å². The van der Waals surface area contributed by atoms with Crippen LogP contribution in [0.25, 0.3) is 10.8 Å². The van der Waals surface area contributed by atoms with Gasteiger partial charge in [0, 0.05) is 17.6 Å². The number of carboxylic acids is 1. The van der Waals surface area contributed by atoms with Crippen LogP contribution in [-0.2, 0) is 0 Å². The lowest BCUT2D eigenvalue weighted by Crippen LogP contribution is -2.32. The SMILES string of the molecule is CCCCCCCCCCCCCCCCCCN(C(=O)c1ccc2ccccc2c1O)c1cccc(C(=O)O)c1. The van der Waals surface area contributed by atoms with Crippen molar-refractivity contribution in [1.82, 2.24) is 0 Å². The minimum Gasteiger partial charge on any atom is -0.506 e. The number of carbonyl (C=O) groups is 2. The van der Waals surface area contributed by atoms with E-state index in [0.29, 0.717) is 17.6 Å². The van der Waals surface area contributed by atoms with Crippen LogP contribution in [0.15, 0.2) is 60.7 Å². The highest BCUT2D eigenvalue weighted by Crippen LogP contribution is 2.31. The number of aromatic hydroxyl groups is 1. The smallest absolute Gasteiger partial charge is 0.335 e. The fourth-order valence-corrected chi connectivity index (χ4v) is 5.55. The Labute approximate surface area is 246 Å². The zero-order valence-corrected chi connectivity index (χ0v) is 25.0. The highest BCUT2D eigenvalue weighted by atomic mass is 16.4. The summed E-state index contributed by atoms with van der Waals surface area (Å²) in [5.41, 5.74) is 0.888. The lowest BCUT2D eigenvalue weighted by atomic mass is 10.0. The molecule has 0 aliphatic heterocycles. The number of phenolic OH excluding ortho intramolecular Hbond substituents is 1. The molecule has 0 saturated carbocycles. The van der Waals surface area contributed by atoms with Gasteiger partial charge >= 0.3 is 5.97 Å². The summed E-state index contributed by atoms with van der Waals surface area (Å²) in [4.78, 5) is 26.9. The number of phenols is 1. The predicted octanol–water partition coefficient (Wildman–Crippen LogP) is 10.2. The highest BCUT2D eigenvalue weighted by Gasteiger charge is 2.22. The normalized spacial score (nSPS) is 11.1. The van der Waals surface area contributed by atoms with Gasteiger partial charge in [0.2, 0.25) is 0 Å². The van der Waals surface area contributed by atoms with Crippen LogP contribution in [0.4, 0.5) is 5.69 Å². The number of aromatic carboxylic acids is 1. The van der Waals surface area contributed by atoms with Crippen molar-refractivity contribution < 1.29 is 19.8 Å². The number of benzene rings is 3. The number of unbranched alkanes of at least 4 members (excludes halogenated alkanes) is 15. The fraction of sp³-hybridized carbons (Fsp3) is 0.500. The molecule has 3 rings (SSSR count). The Morgan fingerprint density at radius 2 is 1.22 bits per heavy atom. The maximum atomic E-state index is 13.7. The first-order valence-corrected chi connectivity index (χ1v) is 15.9. The van der Waals surface area contributed by atoms with Crippen LogP contribution in [0, 0.1) is 0 Å². The second-order valence-electron chi connectivity index (χ2n) is 11.3. The summed E-state index contributed by atoms with van der Waals surface area (Å²) in [6.07, 6.45) is 20.4. The van der Waals surface area contributed by atoms with Crippen LogP contribution in [0.1, 0.15) is 130 Å². The molecular weight excluding hydrogens is 510 g/mol. The molecule has 5 nitrogen and oxygen atoms in total. The van der Waals surface area contributed by atoms with Crippen LogP contribution < -0.4 is 4.90 Å². The van der Waals surface area contributed by atoms with Crippen molar-refractivity contribution in [2.24, 2.45) is 0 Å². The fourth-order valence-electron chi connectivity index (χ4n) is 5.55. The monoisotopic (exact) mass is 559 g/mol. The molecule has 0 radical (unpaired) electrons. The highest BCUT2D eigenvalue weighted by molar-refractivity contribution is 6.11. The van der Waals surface area contributed by atoms with E-state index in [-0.39, 0.29) is 22.8 Å². The van der Waals surface area contributed by atoms with Crippen molar-refractivity contribution in [2.45, 2.75) is 110 Å². The van der Waals surface area contributed by atoms with E-state index in [1.54, 1.807) is 29.2 Å². The minimum absolute atomic E-state index is 0.0422. The summed E-state index contributed by atoms with van der Waals surface area (Å²) in [6, 6.07) is 17.4. The van der Waals surface area contributed by atoms with Crippen molar-refractivity contribution in [1.29, 1.82) is 0 Å². The van der Waals surface area contributed by atoms with E-state index in [1.807, 2.05) is 24.3 Å². The van der Waals surface area contributed by atoms with Crippen LogP contribution in [-0.4, -0.2) is 28.6 Å². The Bertz CT molecular complexity index is 1220. The lowest BCUT2D eigenvalue weighted by molar-refractivity contribution is 0.0696. The van der Waals surface area contributed by atoms with Gasteiger partial charge in [0.15, 0.2) is 0 Å². The van der Waals surface area contributed by atoms with Gasteiger partial charge in [-0.25, -0.2) is 4.79 Å². The Balaban J connectivity index is 1.45. The van der Waals surface area contributed by atoms with Crippen molar-refractivity contribution in [3.05, 3.63) is 71.8 Å². The Kier molecular flexibility index (Phi) is 14.3. The average molecular weight is 560 g/mol. The van der Waals surface area contributed by atoms with E-state index < -0.39 is 5.97 Å². The standard InChI is InChI=1S/C36H49NO4/c1-2-3-4-5-6-7-8-9-10-11-12-13-14-15-16-19-27-37(31-23-20-22-30(28-31)36(40)41)35(39)33-26-25-29-21-17-18-24-32(29)34(33)38/h17-18,20-26,28,38H,2-16,19,27H2,1H3,(H,40,41). The first-order chi connectivity index (χ1) is 20.0. The molecule has 2 N–H and O–H groups in total. The summed E-state index contributed by atoms with van der Waals surface area (Å²) in [5, 5.41) is 21.9. The first kappa shape index (κ1) is 32.2. The molecule has 0 aromatic heterocycles. The third-order valence-electron chi connectivity index (χ3n) is 8.02. The summed E-state index contributed by atoms with van der Waals surface area (Å²) in [6.45, 7) is 2.73. The Morgan fingerprint density at radius 1 is 0.659 bits per heavy atom. The molecule has 0 heterocycles. The van der Waals surface area contributed by atoms with E-state index >= 15 is 0 Å². The van der Waals surface area contributed by atoms with Crippen molar-refractivity contribution in [2.75, 3.05) is 11.4 Å². The Morgan fingerprint density at radius 3 is 1.80 bits per heavy atom. The minimum atomic E-state index is -1.03. The first-order valence-electron chi connectivity index (χ1n) is 15.9. The van der Waals surface area contributed by atoms with Gasteiger partial charge in [0.25, 0.3) is 5.91 Å². The van der Waals surface area contributed by atoms with Crippen LogP contribution in [0.3, 0.4) is 0 Å². The topological polar surface area (TPSA) is 77.8 Å². The molecule has 0 unspecified atom stereocenters.